The van der Waals surface area contributed by atoms with Crippen molar-refractivity contribution in [3.05, 3.63) is 72.8 Å². The highest BCUT2D eigenvalue weighted by molar-refractivity contribution is 7.85. The molecule has 3 atom stereocenters. The predicted octanol–water partition coefficient (Wildman–Crippen LogP) is 4.16. The molecular weight excluding hydrogens is 370 g/mol. The van der Waals surface area contributed by atoms with Gasteiger partial charge in [0.25, 0.3) is 0 Å². The normalized spacial score (nSPS) is 15.7. The van der Waals surface area contributed by atoms with Crippen LogP contribution in [-0.2, 0) is 22.9 Å². The number of aliphatic hydroxyl groups is 1. The Bertz CT molecular complexity index is 882. The van der Waals surface area contributed by atoms with Crippen LogP contribution in [0.5, 0.6) is 0 Å². The maximum Gasteiger partial charge on any atom is 0.137 e. The maximum absolute atomic E-state index is 12.8. The van der Waals surface area contributed by atoms with Crippen LogP contribution in [-0.4, -0.2) is 24.1 Å². The monoisotopic (exact) mass is 397 g/mol. The van der Waals surface area contributed by atoms with E-state index in [0.29, 0.717) is 6.54 Å². The maximum atomic E-state index is 12.8. The third-order valence-corrected chi connectivity index (χ3v) is 6.60. The molecule has 6 heteroatoms. The lowest BCUT2D eigenvalue weighted by atomic mass is 9.79. The van der Waals surface area contributed by atoms with Crippen LogP contribution in [0.3, 0.4) is 0 Å². The van der Waals surface area contributed by atoms with Crippen molar-refractivity contribution in [2.75, 3.05) is 0 Å². The zero-order valence-electron chi connectivity index (χ0n) is 16.4. The fourth-order valence-electron chi connectivity index (χ4n) is 3.39. The van der Waals surface area contributed by atoms with E-state index in [-0.39, 0.29) is 5.92 Å². The molecule has 0 amide bonds. The highest BCUT2D eigenvalue weighted by Gasteiger charge is 2.36. The van der Waals surface area contributed by atoms with Crippen molar-refractivity contribution >= 4 is 10.8 Å². The molecule has 0 fully saturated rings. The second-order valence-corrected chi connectivity index (χ2v) is 8.65. The smallest absolute Gasteiger partial charge is 0.137 e. The minimum atomic E-state index is -1.24. The molecule has 1 aromatic heterocycles. The van der Waals surface area contributed by atoms with Crippen molar-refractivity contribution in [1.82, 2.24) is 14.8 Å². The Balaban J connectivity index is 1.88. The van der Waals surface area contributed by atoms with Crippen LogP contribution in [0.25, 0.3) is 0 Å². The molecule has 0 bridgehead atoms. The molecular formula is C22H27N3O2S. The average Bonchev–Trinajstić information content (AvgIpc) is 3.25. The summed E-state index contributed by atoms with van der Waals surface area (Å²) < 4.78 is 14.4. The lowest BCUT2D eigenvalue weighted by Gasteiger charge is -2.35. The van der Waals surface area contributed by atoms with E-state index in [1.165, 1.54) is 6.33 Å². The third-order valence-electron chi connectivity index (χ3n) is 5.20. The third kappa shape index (κ3) is 4.56. The Labute approximate surface area is 168 Å². The van der Waals surface area contributed by atoms with Crippen LogP contribution in [0, 0.1) is 5.92 Å². The zero-order valence-corrected chi connectivity index (χ0v) is 17.2. The first-order valence-electron chi connectivity index (χ1n) is 9.66. The number of rotatable bonds is 9. The lowest BCUT2D eigenvalue weighted by Crippen LogP contribution is -2.38. The Kier molecular flexibility index (Phi) is 6.75. The van der Waals surface area contributed by atoms with E-state index in [1.54, 1.807) is 11.0 Å². The van der Waals surface area contributed by atoms with Crippen LogP contribution >= 0.6 is 0 Å². The van der Waals surface area contributed by atoms with E-state index in [9.17, 15) is 9.32 Å². The predicted molar refractivity (Wildman–Crippen MR) is 110 cm³/mol. The molecule has 1 heterocycles. The summed E-state index contributed by atoms with van der Waals surface area (Å²) in [5.74, 6) is 0.0436. The number of hydrogen-bond acceptors (Lipinski definition) is 4. The summed E-state index contributed by atoms with van der Waals surface area (Å²) >= 11 is 0. The van der Waals surface area contributed by atoms with Crippen molar-refractivity contribution in [3.63, 3.8) is 0 Å². The quantitative estimate of drug-likeness (QED) is 0.589. The molecule has 0 saturated carbocycles. The van der Waals surface area contributed by atoms with Crippen molar-refractivity contribution in [3.8, 4) is 0 Å². The van der Waals surface area contributed by atoms with Gasteiger partial charge in [-0.3, -0.25) is 0 Å². The summed E-state index contributed by atoms with van der Waals surface area (Å²) in [5.41, 5.74) is -0.268. The lowest BCUT2D eigenvalue weighted by molar-refractivity contribution is -0.0397. The Hall–Kier alpha value is -2.31. The molecule has 0 aliphatic rings. The molecule has 0 aliphatic carbocycles. The van der Waals surface area contributed by atoms with E-state index < -0.39 is 16.4 Å². The van der Waals surface area contributed by atoms with Crippen LogP contribution in [0.4, 0.5) is 0 Å². The van der Waals surface area contributed by atoms with Crippen molar-refractivity contribution in [1.29, 1.82) is 0 Å². The molecule has 0 aliphatic heterocycles. The summed E-state index contributed by atoms with van der Waals surface area (Å²) in [5, 5.41) is 15.8. The molecule has 2 aromatic carbocycles. The summed E-state index contributed by atoms with van der Waals surface area (Å²) in [4.78, 5) is 5.48. The molecule has 3 aromatic rings. The minimum absolute atomic E-state index is 0.0436. The first kappa shape index (κ1) is 20.4. The van der Waals surface area contributed by atoms with Crippen LogP contribution in [0.2, 0.25) is 0 Å². The number of benzene rings is 2. The second kappa shape index (κ2) is 9.26. The van der Waals surface area contributed by atoms with E-state index in [2.05, 4.69) is 23.9 Å². The van der Waals surface area contributed by atoms with Gasteiger partial charge in [-0.15, -0.1) is 0 Å². The first-order chi connectivity index (χ1) is 13.5. The molecule has 1 N–H and O–H groups in total. The molecule has 3 rings (SSSR count). The van der Waals surface area contributed by atoms with Gasteiger partial charge in [-0.2, -0.15) is 5.10 Å². The van der Waals surface area contributed by atoms with Gasteiger partial charge in [-0.1, -0.05) is 57.0 Å². The molecule has 3 unspecified atom stereocenters. The summed E-state index contributed by atoms with van der Waals surface area (Å²) in [6.07, 6.45) is 6.15. The molecule has 148 valence electrons. The molecule has 28 heavy (non-hydrogen) atoms. The highest BCUT2D eigenvalue weighted by atomic mass is 32.2. The molecule has 5 nitrogen and oxygen atoms in total. The second-order valence-electron chi connectivity index (χ2n) is 7.17. The fraction of sp³-hybridized carbons (Fsp3) is 0.364. The highest BCUT2D eigenvalue weighted by Crippen LogP contribution is 2.35. The van der Waals surface area contributed by atoms with Gasteiger partial charge in [0.05, 0.1) is 17.3 Å². The Morgan fingerprint density at radius 2 is 1.79 bits per heavy atom. The van der Waals surface area contributed by atoms with Gasteiger partial charge in [-0.25, -0.2) is 13.9 Å². The van der Waals surface area contributed by atoms with Crippen LogP contribution < -0.4 is 0 Å². The number of hydrogen-bond donors (Lipinski definition) is 1. The average molecular weight is 398 g/mol. The summed E-state index contributed by atoms with van der Waals surface area (Å²) in [7, 11) is -1.24. The van der Waals surface area contributed by atoms with E-state index in [4.69, 9.17) is 0 Å². The zero-order chi connectivity index (χ0) is 20.0. The van der Waals surface area contributed by atoms with Crippen LogP contribution in [0.1, 0.15) is 38.7 Å². The summed E-state index contributed by atoms with van der Waals surface area (Å²) in [6, 6.07) is 16.9. The molecule has 0 saturated heterocycles. The van der Waals surface area contributed by atoms with Gasteiger partial charge in [0.2, 0.25) is 0 Å². The van der Waals surface area contributed by atoms with Gasteiger partial charge in [0.1, 0.15) is 18.3 Å². The van der Waals surface area contributed by atoms with Gasteiger partial charge < -0.3 is 5.11 Å². The summed E-state index contributed by atoms with van der Waals surface area (Å²) in [6.45, 7) is 4.55. The minimum Gasteiger partial charge on any atom is -0.383 e. The van der Waals surface area contributed by atoms with Crippen molar-refractivity contribution < 1.29 is 9.32 Å². The Morgan fingerprint density at radius 1 is 1.11 bits per heavy atom. The van der Waals surface area contributed by atoms with Gasteiger partial charge in [0.15, 0.2) is 0 Å². The molecule has 0 radical (unpaired) electrons. The largest absolute Gasteiger partial charge is 0.383 e. The van der Waals surface area contributed by atoms with E-state index in [0.717, 1.165) is 34.6 Å². The number of aromatic nitrogens is 3. The van der Waals surface area contributed by atoms with Gasteiger partial charge in [0, 0.05) is 9.79 Å². The molecule has 0 spiro atoms. The standard InChI is InChI=1S/C22H27N3O2S/c1-3-4-8-18(2)22(26,15-25-17-23-16-24-25)19-11-13-21(14-12-19)28(27)20-9-6-5-7-10-20/h5-7,9-14,16-18,26H,3-4,8,15H2,1-2H3. The SMILES string of the molecule is CCCCC(C)C(O)(Cn1cncn1)c1ccc(S(=O)c2ccccc2)cc1. The van der Waals surface area contributed by atoms with Gasteiger partial charge in [-0.05, 0) is 42.2 Å². The van der Waals surface area contributed by atoms with E-state index in [1.807, 2.05) is 54.6 Å². The van der Waals surface area contributed by atoms with Gasteiger partial charge >= 0.3 is 0 Å². The number of unbranched alkanes of at least 4 members (excludes halogenated alkanes) is 1. The fourth-order valence-corrected chi connectivity index (χ4v) is 4.45. The van der Waals surface area contributed by atoms with Crippen molar-refractivity contribution in [2.24, 2.45) is 5.92 Å². The number of nitrogens with zero attached hydrogens (tertiary/aromatic N) is 3. The Morgan fingerprint density at radius 3 is 2.39 bits per heavy atom. The van der Waals surface area contributed by atoms with Crippen LogP contribution in [0.15, 0.2) is 77.0 Å². The van der Waals surface area contributed by atoms with E-state index >= 15 is 0 Å². The first-order valence-corrected chi connectivity index (χ1v) is 10.8. The van der Waals surface area contributed by atoms with Crippen molar-refractivity contribution in [2.45, 2.75) is 55.0 Å². The topological polar surface area (TPSA) is 68.0 Å².